The number of rotatable bonds is 2. The van der Waals surface area contributed by atoms with Crippen molar-refractivity contribution in [2.75, 3.05) is 6.54 Å². The van der Waals surface area contributed by atoms with Gasteiger partial charge in [0.15, 0.2) is 0 Å². The Morgan fingerprint density at radius 3 is 2.48 bits per heavy atom. The van der Waals surface area contributed by atoms with Crippen molar-refractivity contribution in [3.8, 4) is 0 Å². The van der Waals surface area contributed by atoms with Gasteiger partial charge in [-0.3, -0.25) is 0 Å². The van der Waals surface area contributed by atoms with Crippen LogP contribution in [0.1, 0.15) is 34.6 Å². The third-order valence-corrected chi connectivity index (χ3v) is 5.58. The van der Waals surface area contributed by atoms with Crippen LogP contribution in [0.2, 0.25) is 0 Å². The van der Waals surface area contributed by atoms with E-state index in [-0.39, 0.29) is 18.3 Å². The van der Waals surface area contributed by atoms with Gasteiger partial charge in [-0.1, -0.05) is 42.5 Å². The lowest BCUT2D eigenvalue weighted by atomic mass is 9.72. The minimum absolute atomic E-state index is 0. The molecule has 1 aliphatic heterocycles. The van der Waals surface area contributed by atoms with Gasteiger partial charge in [0.2, 0.25) is 0 Å². The Kier molecular flexibility index (Phi) is 5.12. The molecular formula is C20H21ClF3N. The van der Waals surface area contributed by atoms with Crippen LogP contribution < -0.4 is 5.32 Å². The first-order valence-corrected chi connectivity index (χ1v) is 8.50. The summed E-state index contributed by atoms with van der Waals surface area (Å²) in [6, 6.07) is 15.3. The van der Waals surface area contributed by atoms with E-state index in [1.807, 2.05) is 24.3 Å². The Labute approximate surface area is 152 Å². The van der Waals surface area contributed by atoms with E-state index < -0.39 is 11.7 Å². The van der Waals surface area contributed by atoms with Gasteiger partial charge in [-0.2, -0.15) is 13.2 Å². The number of nitrogens with one attached hydrogen (secondary N) is 1. The van der Waals surface area contributed by atoms with E-state index >= 15 is 0 Å². The molecule has 0 spiro atoms. The van der Waals surface area contributed by atoms with Gasteiger partial charge in [-0.25, -0.2) is 0 Å². The molecular weight excluding hydrogens is 347 g/mol. The molecule has 4 rings (SSSR count). The Bertz CT molecular complexity index is 729. The van der Waals surface area contributed by atoms with Gasteiger partial charge in [0.25, 0.3) is 0 Å². The molecule has 134 valence electrons. The molecule has 2 aromatic carbocycles. The highest BCUT2D eigenvalue weighted by atomic mass is 35.5. The zero-order chi connectivity index (χ0) is 16.7. The van der Waals surface area contributed by atoms with Gasteiger partial charge in [0.1, 0.15) is 0 Å². The van der Waals surface area contributed by atoms with E-state index in [2.05, 4.69) is 17.4 Å². The molecule has 0 saturated carbocycles. The number of alkyl halides is 3. The van der Waals surface area contributed by atoms with E-state index in [1.54, 1.807) is 6.07 Å². The normalized spacial score (nSPS) is 25.0. The van der Waals surface area contributed by atoms with Crippen LogP contribution in [0.3, 0.4) is 0 Å². The molecule has 25 heavy (non-hydrogen) atoms. The Hall–Kier alpha value is -1.52. The van der Waals surface area contributed by atoms with E-state index in [4.69, 9.17) is 0 Å². The topological polar surface area (TPSA) is 12.0 Å². The highest BCUT2D eigenvalue weighted by Gasteiger charge is 2.43. The fourth-order valence-corrected chi connectivity index (χ4v) is 4.50. The maximum absolute atomic E-state index is 13.3. The summed E-state index contributed by atoms with van der Waals surface area (Å²) >= 11 is 0. The van der Waals surface area contributed by atoms with Crippen LogP contribution in [0.4, 0.5) is 13.2 Å². The van der Waals surface area contributed by atoms with Gasteiger partial charge in [-0.05, 0) is 47.9 Å². The predicted molar refractivity (Wildman–Crippen MR) is 95.2 cm³/mol. The summed E-state index contributed by atoms with van der Waals surface area (Å²) < 4.78 is 39.8. The molecule has 5 heteroatoms. The van der Waals surface area contributed by atoms with Gasteiger partial charge < -0.3 is 5.32 Å². The van der Waals surface area contributed by atoms with Crippen LogP contribution in [-0.2, 0) is 19.0 Å². The van der Waals surface area contributed by atoms with Crippen molar-refractivity contribution in [1.29, 1.82) is 0 Å². The molecule has 1 N–H and O–H groups in total. The summed E-state index contributed by atoms with van der Waals surface area (Å²) in [5.41, 5.74) is 2.27. The van der Waals surface area contributed by atoms with Crippen LogP contribution in [0.5, 0.6) is 0 Å². The lowest BCUT2D eigenvalue weighted by Gasteiger charge is -2.32. The molecule has 1 heterocycles. The van der Waals surface area contributed by atoms with E-state index in [1.165, 1.54) is 11.6 Å². The molecule has 0 amide bonds. The molecule has 1 aliphatic carbocycles. The predicted octanol–water partition coefficient (Wildman–Crippen LogP) is 4.99. The zero-order valence-corrected chi connectivity index (χ0v) is 14.5. The molecule has 1 saturated heterocycles. The summed E-state index contributed by atoms with van der Waals surface area (Å²) in [5.74, 6) is 0.617. The second-order valence-corrected chi connectivity index (χ2v) is 6.88. The molecule has 2 aliphatic rings. The summed E-state index contributed by atoms with van der Waals surface area (Å²) in [4.78, 5) is 0. The first-order chi connectivity index (χ1) is 11.5. The van der Waals surface area contributed by atoms with E-state index in [9.17, 15) is 13.2 Å². The van der Waals surface area contributed by atoms with Crippen molar-refractivity contribution in [3.63, 3.8) is 0 Å². The SMILES string of the molecule is Cl.FC(F)(F)c1cccc2c1CCC1C(Cc3ccccc3)NCC21. The highest BCUT2D eigenvalue weighted by Crippen LogP contribution is 2.45. The molecule has 3 atom stereocenters. The number of hydrogen-bond donors (Lipinski definition) is 1. The average molecular weight is 368 g/mol. The largest absolute Gasteiger partial charge is 0.416 e. The number of benzene rings is 2. The Balaban J connectivity index is 0.00000182. The zero-order valence-electron chi connectivity index (χ0n) is 13.7. The molecule has 3 unspecified atom stereocenters. The van der Waals surface area contributed by atoms with Crippen molar-refractivity contribution < 1.29 is 13.2 Å². The van der Waals surface area contributed by atoms with Crippen molar-refractivity contribution in [2.24, 2.45) is 5.92 Å². The van der Waals surface area contributed by atoms with Crippen LogP contribution in [-0.4, -0.2) is 12.6 Å². The van der Waals surface area contributed by atoms with Crippen LogP contribution in [0.15, 0.2) is 48.5 Å². The maximum atomic E-state index is 13.3. The lowest BCUT2D eigenvalue weighted by molar-refractivity contribution is -0.138. The number of fused-ring (bicyclic) bond motifs is 3. The van der Waals surface area contributed by atoms with Crippen LogP contribution >= 0.6 is 12.4 Å². The summed E-state index contributed by atoms with van der Waals surface area (Å²) in [7, 11) is 0. The third kappa shape index (κ3) is 3.42. The summed E-state index contributed by atoms with van der Waals surface area (Å²) in [5, 5.41) is 3.56. The minimum Gasteiger partial charge on any atom is -0.313 e. The standard InChI is InChI=1S/C20H20F3N.ClH/c21-20(22,23)18-8-4-7-14-15(18)9-10-16-17(14)12-24-19(16)11-13-5-2-1-3-6-13;/h1-8,16-17,19,24H,9-12H2;1H. The fraction of sp³-hybridized carbons (Fsp3) is 0.400. The number of halogens is 4. The van der Waals surface area contributed by atoms with Gasteiger partial charge >= 0.3 is 6.18 Å². The summed E-state index contributed by atoms with van der Waals surface area (Å²) in [6.07, 6.45) is -1.96. The van der Waals surface area contributed by atoms with Crippen molar-refractivity contribution >= 4 is 12.4 Å². The monoisotopic (exact) mass is 367 g/mol. The van der Waals surface area contributed by atoms with E-state index in [0.717, 1.165) is 24.9 Å². The Morgan fingerprint density at radius 2 is 1.76 bits per heavy atom. The van der Waals surface area contributed by atoms with Crippen molar-refractivity contribution in [3.05, 3.63) is 70.8 Å². The second-order valence-electron chi connectivity index (χ2n) is 6.88. The molecule has 0 bridgehead atoms. The first kappa shape index (κ1) is 18.3. The molecule has 1 fully saturated rings. The van der Waals surface area contributed by atoms with Crippen LogP contribution in [0.25, 0.3) is 0 Å². The smallest absolute Gasteiger partial charge is 0.313 e. The van der Waals surface area contributed by atoms with Crippen LogP contribution in [0, 0.1) is 5.92 Å². The quantitative estimate of drug-likeness (QED) is 0.788. The first-order valence-electron chi connectivity index (χ1n) is 8.50. The third-order valence-electron chi connectivity index (χ3n) is 5.58. The second kappa shape index (κ2) is 7.00. The highest BCUT2D eigenvalue weighted by molar-refractivity contribution is 5.85. The fourth-order valence-electron chi connectivity index (χ4n) is 4.50. The lowest BCUT2D eigenvalue weighted by Crippen LogP contribution is -2.31. The van der Waals surface area contributed by atoms with Gasteiger partial charge in [0, 0.05) is 18.5 Å². The van der Waals surface area contributed by atoms with Crippen molar-refractivity contribution in [1.82, 2.24) is 5.32 Å². The molecule has 2 aromatic rings. The molecule has 1 nitrogen and oxygen atoms in total. The van der Waals surface area contributed by atoms with Gasteiger partial charge in [0.05, 0.1) is 5.56 Å². The molecule has 0 aromatic heterocycles. The average Bonchev–Trinajstić information content (AvgIpc) is 2.98. The molecule has 0 radical (unpaired) electrons. The summed E-state index contributed by atoms with van der Waals surface area (Å²) in [6.45, 7) is 0.774. The van der Waals surface area contributed by atoms with Gasteiger partial charge in [-0.15, -0.1) is 12.4 Å². The maximum Gasteiger partial charge on any atom is 0.416 e. The Morgan fingerprint density at radius 1 is 1.00 bits per heavy atom. The van der Waals surface area contributed by atoms with E-state index in [0.29, 0.717) is 23.9 Å². The minimum atomic E-state index is -4.26. The number of hydrogen-bond acceptors (Lipinski definition) is 1. The van der Waals surface area contributed by atoms with Crippen molar-refractivity contribution in [2.45, 2.75) is 37.4 Å².